The Hall–Kier alpha value is -2.87. The van der Waals surface area contributed by atoms with E-state index in [2.05, 4.69) is 20.2 Å². The van der Waals surface area contributed by atoms with Gasteiger partial charge in [0.25, 0.3) is 0 Å². The number of aryl methyl sites for hydroxylation is 2. The highest BCUT2D eigenvalue weighted by atomic mass is 32.1. The molecule has 3 aromatic rings. The third-order valence-corrected chi connectivity index (χ3v) is 5.22. The minimum atomic E-state index is -0.877. The SMILES string of the molecule is CC(OC(=O)c1csc(-c2ncn[nH]2)n1)C(=O)c1ccc2c(c1)CCC2. The van der Waals surface area contributed by atoms with Crippen molar-refractivity contribution in [2.75, 3.05) is 0 Å². The Kier molecular flexibility index (Phi) is 4.34. The van der Waals surface area contributed by atoms with Crippen molar-refractivity contribution in [3.05, 3.63) is 52.3 Å². The first-order valence-corrected chi connectivity index (χ1v) is 9.18. The van der Waals surface area contributed by atoms with Gasteiger partial charge >= 0.3 is 5.97 Å². The lowest BCUT2D eigenvalue weighted by Crippen LogP contribution is -2.24. The van der Waals surface area contributed by atoms with Crippen LogP contribution in [0.2, 0.25) is 0 Å². The lowest BCUT2D eigenvalue weighted by atomic mass is 10.0. The molecule has 1 aromatic carbocycles. The fourth-order valence-corrected chi connectivity index (χ4v) is 3.75. The average Bonchev–Trinajstić information content (AvgIpc) is 3.40. The van der Waals surface area contributed by atoms with Crippen molar-refractivity contribution in [3.63, 3.8) is 0 Å². The smallest absolute Gasteiger partial charge is 0.358 e. The molecule has 1 aliphatic rings. The number of aromatic nitrogens is 4. The molecule has 1 N–H and O–H groups in total. The molecule has 2 heterocycles. The molecule has 0 amide bonds. The number of fused-ring (bicyclic) bond motifs is 1. The third-order valence-electron chi connectivity index (χ3n) is 4.37. The zero-order valence-electron chi connectivity index (χ0n) is 14.1. The second-order valence-electron chi connectivity index (χ2n) is 6.12. The summed E-state index contributed by atoms with van der Waals surface area (Å²) in [7, 11) is 0. The quantitative estimate of drug-likeness (QED) is 0.549. The van der Waals surface area contributed by atoms with Gasteiger partial charge in [0.1, 0.15) is 6.33 Å². The zero-order chi connectivity index (χ0) is 18.1. The lowest BCUT2D eigenvalue weighted by molar-refractivity contribution is 0.0314. The van der Waals surface area contributed by atoms with Gasteiger partial charge in [0.15, 0.2) is 22.6 Å². The molecule has 0 saturated carbocycles. The van der Waals surface area contributed by atoms with E-state index in [1.165, 1.54) is 28.8 Å². The van der Waals surface area contributed by atoms with Gasteiger partial charge in [0.2, 0.25) is 5.78 Å². The van der Waals surface area contributed by atoms with E-state index in [9.17, 15) is 9.59 Å². The Labute approximate surface area is 153 Å². The van der Waals surface area contributed by atoms with Crippen LogP contribution in [0.1, 0.15) is 45.3 Å². The van der Waals surface area contributed by atoms with Crippen molar-refractivity contribution < 1.29 is 14.3 Å². The number of esters is 1. The van der Waals surface area contributed by atoms with Crippen molar-refractivity contribution in [2.45, 2.75) is 32.3 Å². The van der Waals surface area contributed by atoms with Crippen LogP contribution in [0.15, 0.2) is 29.9 Å². The van der Waals surface area contributed by atoms with E-state index < -0.39 is 12.1 Å². The Morgan fingerprint density at radius 2 is 2.12 bits per heavy atom. The molecule has 0 fully saturated rings. The zero-order valence-corrected chi connectivity index (χ0v) is 14.9. The maximum Gasteiger partial charge on any atom is 0.358 e. The molecule has 2 aromatic heterocycles. The number of ketones is 1. The van der Waals surface area contributed by atoms with Crippen LogP contribution in [0, 0.1) is 0 Å². The number of carbonyl (C=O) groups is 2. The standard InChI is InChI=1S/C18H16N4O3S/c1-10(15(23)13-6-5-11-3-2-4-12(11)7-13)25-18(24)14-8-26-17(21-14)16-19-9-20-22-16/h5-10H,2-4H2,1H3,(H,19,20,22). The first-order chi connectivity index (χ1) is 12.6. The van der Waals surface area contributed by atoms with Gasteiger partial charge in [0, 0.05) is 10.9 Å². The fraction of sp³-hybridized carbons (Fsp3) is 0.278. The van der Waals surface area contributed by atoms with Gasteiger partial charge in [-0.15, -0.1) is 11.3 Å². The molecule has 0 aliphatic heterocycles. The maximum atomic E-state index is 12.6. The first-order valence-electron chi connectivity index (χ1n) is 8.30. The van der Waals surface area contributed by atoms with Gasteiger partial charge in [0.05, 0.1) is 0 Å². The Morgan fingerprint density at radius 1 is 1.27 bits per heavy atom. The summed E-state index contributed by atoms with van der Waals surface area (Å²) in [5.41, 5.74) is 3.24. The molecular formula is C18H16N4O3S. The summed E-state index contributed by atoms with van der Waals surface area (Å²) in [4.78, 5) is 33.0. The number of carbonyl (C=O) groups excluding carboxylic acids is 2. The second-order valence-corrected chi connectivity index (χ2v) is 6.98. The van der Waals surface area contributed by atoms with Crippen molar-refractivity contribution >= 4 is 23.1 Å². The predicted molar refractivity (Wildman–Crippen MR) is 95.2 cm³/mol. The van der Waals surface area contributed by atoms with Crippen LogP contribution in [0.5, 0.6) is 0 Å². The van der Waals surface area contributed by atoms with E-state index in [1.807, 2.05) is 18.2 Å². The third kappa shape index (κ3) is 3.15. The number of hydrogen-bond acceptors (Lipinski definition) is 7. The van der Waals surface area contributed by atoms with Crippen molar-refractivity contribution in [1.82, 2.24) is 20.2 Å². The molecule has 0 bridgehead atoms. The highest BCUT2D eigenvalue weighted by Crippen LogP contribution is 2.24. The molecule has 8 heteroatoms. The number of H-pyrrole nitrogens is 1. The largest absolute Gasteiger partial charge is 0.450 e. The normalized spacial score (nSPS) is 14.0. The van der Waals surface area contributed by atoms with E-state index in [0.29, 0.717) is 16.4 Å². The molecule has 1 atom stereocenters. The molecule has 132 valence electrons. The minimum Gasteiger partial charge on any atom is -0.450 e. The Balaban J connectivity index is 1.45. The summed E-state index contributed by atoms with van der Waals surface area (Å²) >= 11 is 1.25. The molecule has 0 saturated heterocycles. The highest BCUT2D eigenvalue weighted by Gasteiger charge is 2.23. The molecule has 7 nitrogen and oxygen atoms in total. The van der Waals surface area contributed by atoms with Crippen LogP contribution in [0.3, 0.4) is 0 Å². The molecule has 1 unspecified atom stereocenters. The molecule has 0 spiro atoms. The number of hydrogen-bond donors (Lipinski definition) is 1. The number of ether oxygens (including phenoxy) is 1. The molecule has 0 radical (unpaired) electrons. The van der Waals surface area contributed by atoms with Crippen molar-refractivity contribution in [1.29, 1.82) is 0 Å². The van der Waals surface area contributed by atoms with Crippen molar-refractivity contribution in [2.24, 2.45) is 0 Å². The van der Waals surface area contributed by atoms with Gasteiger partial charge in [-0.2, -0.15) is 5.10 Å². The van der Waals surface area contributed by atoms with Gasteiger partial charge in [-0.3, -0.25) is 9.89 Å². The number of nitrogens with one attached hydrogen (secondary N) is 1. The van der Waals surface area contributed by atoms with Crippen molar-refractivity contribution in [3.8, 4) is 10.8 Å². The molecule has 1 aliphatic carbocycles. The summed E-state index contributed by atoms with van der Waals surface area (Å²) < 4.78 is 5.31. The summed E-state index contributed by atoms with van der Waals surface area (Å²) in [5.74, 6) is -0.357. The van der Waals surface area contributed by atoms with Crippen LogP contribution in [-0.4, -0.2) is 38.0 Å². The number of benzene rings is 1. The average molecular weight is 368 g/mol. The van der Waals surface area contributed by atoms with Gasteiger partial charge in [-0.1, -0.05) is 12.1 Å². The molecule has 26 heavy (non-hydrogen) atoms. The summed E-state index contributed by atoms with van der Waals surface area (Å²) in [6.45, 7) is 1.58. The summed E-state index contributed by atoms with van der Waals surface area (Å²) in [6, 6.07) is 5.72. The van der Waals surface area contributed by atoms with Crippen LogP contribution >= 0.6 is 11.3 Å². The topological polar surface area (TPSA) is 97.8 Å². The van der Waals surface area contributed by atoms with Crippen LogP contribution in [0.25, 0.3) is 10.8 Å². The number of rotatable bonds is 5. The van der Waals surface area contributed by atoms with Crippen LogP contribution in [-0.2, 0) is 17.6 Å². The van der Waals surface area contributed by atoms with E-state index in [0.717, 1.165) is 19.3 Å². The van der Waals surface area contributed by atoms with E-state index >= 15 is 0 Å². The number of aromatic amines is 1. The maximum absolute atomic E-state index is 12.6. The lowest BCUT2D eigenvalue weighted by Gasteiger charge is -2.12. The molecular weight excluding hydrogens is 352 g/mol. The summed E-state index contributed by atoms with van der Waals surface area (Å²) in [6.07, 6.45) is 3.66. The monoisotopic (exact) mass is 368 g/mol. The van der Waals surface area contributed by atoms with Gasteiger partial charge in [-0.05, 0) is 43.4 Å². The van der Waals surface area contributed by atoms with E-state index in [-0.39, 0.29) is 11.5 Å². The Bertz CT molecular complexity index is 965. The van der Waals surface area contributed by atoms with Crippen LogP contribution in [0.4, 0.5) is 0 Å². The highest BCUT2D eigenvalue weighted by molar-refractivity contribution is 7.13. The fourth-order valence-electron chi connectivity index (χ4n) is 3.02. The van der Waals surface area contributed by atoms with Gasteiger partial charge < -0.3 is 4.74 Å². The predicted octanol–water partition coefficient (Wildman–Crippen LogP) is 2.85. The summed E-state index contributed by atoms with van der Waals surface area (Å²) in [5, 5.41) is 8.55. The number of nitrogens with zero attached hydrogens (tertiary/aromatic N) is 3. The molecule has 4 rings (SSSR count). The second kappa shape index (κ2) is 6.80. The Morgan fingerprint density at radius 3 is 2.92 bits per heavy atom. The van der Waals surface area contributed by atoms with Gasteiger partial charge in [-0.25, -0.2) is 14.8 Å². The number of thiazole rings is 1. The first kappa shape index (κ1) is 16.6. The van der Waals surface area contributed by atoms with Crippen LogP contribution < -0.4 is 0 Å². The van der Waals surface area contributed by atoms with E-state index in [1.54, 1.807) is 12.3 Å². The minimum absolute atomic E-state index is 0.148. The van der Waals surface area contributed by atoms with E-state index in [4.69, 9.17) is 4.74 Å². The number of Topliss-reactive ketones (excluding diaryl/α,β-unsaturated/α-hetero) is 1.